The number of ketones is 3. The molecule has 0 heterocycles. The van der Waals surface area contributed by atoms with Crippen molar-refractivity contribution < 1.29 is 37.3 Å². The number of benzene rings is 2. The summed E-state index contributed by atoms with van der Waals surface area (Å²) in [5, 5.41) is 9.95. The largest absolute Gasteiger partial charge is 0.480 e. The molecule has 1 unspecified atom stereocenters. The predicted octanol–water partition coefficient (Wildman–Crippen LogP) is 0.309. The first-order valence-corrected chi connectivity index (χ1v) is 9.13. The molecular weight excluding hydrogens is 392 g/mol. The number of fused-ring (bicyclic) bond motifs is 1. The fourth-order valence-electron chi connectivity index (χ4n) is 2.63. The van der Waals surface area contributed by atoms with Crippen molar-refractivity contribution in [1.82, 2.24) is 5.43 Å². The van der Waals surface area contributed by atoms with Crippen LogP contribution in [-0.4, -0.2) is 41.4 Å². The second kappa shape index (κ2) is 6.87. The second-order valence-corrected chi connectivity index (χ2v) is 7.25. The second-order valence-electron chi connectivity index (χ2n) is 5.83. The van der Waals surface area contributed by atoms with Crippen LogP contribution in [-0.2, 0) is 29.3 Å². The van der Waals surface area contributed by atoms with Crippen LogP contribution in [0.4, 0.5) is 5.69 Å². The van der Waals surface area contributed by atoms with Gasteiger partial charge in [-0.05, 0) is 29.7 Å². The zero-order valence-corrected chi connectivity index (χ0v) is 14.7. The lowest BCUT2D eigenvalue weighted by Crippen LogP contribution is -2.43. The van der Waals surface area contributed by atoms with Crippen molar-refractivity contribution in [2.24, 2.45) is 5.92 Å². The molecule has 10 nitrogen and oxygen atoms in total. The van der Waals surface area contributed by atoms with E-state index >= 15 is 0 Å². The maximum atomic E-state index is 11.9. The molecule has 0 radical (unpaired) electrons. The Labute approximate surface area is 157 Å². The Morgan fingerprint density at radius 1 is 1.00 bits per heavy atom. The number of hydrazine groups is 1. The summed E-state index contributed by atoms with van der Waals surface area (Å²) in [6.07, 6.45) is 0.816. The SMILES string of the molecule is O=C1C(=O)C(NNc2cccc3ccc(S(=O)(=O)O)cc23)=CC(C(=O)O)C1=O. The molecule has 0 fully saturated rings. The van der Waals surface area contributed by atoms with Crippen LogP contribution in [0.25, 0.3) is 10.8 Å². The lowest BCUT2D eigenvalue weighted by molar-refractivity contribution is -0.150. The number of Topliss-reactive ketones (excluding diaryl/α,β-unsaturated/α-hetero) is 3. The van der Waals surface area contributed by atoms with Crippen molar-refractivity contribution in [1.29, 1.82) is 0 Å². The molecule has 0 bridgehead atoms. The molecule has 0 saturated heterocycles. The summed E-state index contributed by atoms with van der Waals surface area (Å²) in [5.74, 6) is -7.34. The topological polar surface area (TPSA) is 167 Å². The summed E-state index contributed by atoms with van der Waals surface area (Å²) in [4.78, 5) is 45.9. The number of carbonyl (C=O) groups is 4. The zero-order chi connectivity index (χ0) is 20.6. The molecule has 1 atom stereocenters. The number of nitrogens with one attached hydrogen (secondary N) is 2. The Morgan fingerprint density at radius 2 is 1.71 bits per heavy atom. The average Bonchev–Trinajstić information content (AvgIpc) is 2.64. The van der Waals surface area contributed by atoms with Crippen LogP contribution in [0, 0.1) is 5.92 Å². The fraction of sp³-hybridized carbons (Fsp3) is 0.0588. The van der Waals surface area contributed by atoms with Crippen LogP contribution in [0.15, 0.2) is 53.1 Å². The molecule has 4 N–H and O–H groups in total. The van der Waals surface area contributed by atoms with Crippen molar-refractivity contribution in [3.63, 3.8) is 0 Å². The molecule has 0 saturated carbocycles. The van der Waals surface area contributed by atoms with Gasteiger partial charge in [0.15, 0.2) is 0 Å². The highest BCUT2D eigenvalue weighted by Crippen LogP contribution is 2.26. The van der Waals surface area contributed by atoms with E-state index in [4.69, 9.17) is 5.11 Å². The highest BCUT2D eigenvalue weighted by atomic mass is 32.2. The summed E-state index contributed by atoms with van der Waals surface area (Å²) < 4.78 is 31.9. The number of carbonyl (C=O) groups excluding carboxylic acids is 3. The minimum atomic E-state index is -4.45. The number of rotatable bonds is 5. The number of aliphatic carboxylic acids is 1. The minimum absolute atomic E-state index is 0.271. The summed E-state index contributed by atoms with van der Waals surface area (Å²) in [7, 11) is -4.45. The van der Waals surface area contributed by atoms with E-state index in [1.54, 1.807) is 12.1 Å². The van der Waals surface area contributed by atoms with Crippen molar-refractivity contribution in [3.8, 4) is 0 Å². The van der Waals surface area contributed by atoms with E-state index in [0.29, 0.717) is 10.8 Å². The monoisotopic (exact) mass is 404 g/mol. The number of anilines is 1. The zero-order valence-electron chi connectivity index (χ0n) is 13.9. The average molecular weight is 404 g/mol. The molecule has 28 heavy (non-hydrogen) atoms. The van der Waals surface area contributed by atoms with Gasteiger partial charge in [0.1, 0.15) is 11.6 Å². The molecule has 3 rings (SSSR count). The highest BCUT2D eigenvalue weighted by molar-refractivity contribution is 7.85. The Morgan fingerprint density at radius 3 is 2.36 bits per heavy atom. The summed E-state index contributed by atoms with van der Waals surface area (Å²) in [6, 6.07) is 8.66. The van der Waals surface area contributed by atoms with Crippen molar-refractivity contribution in [2.45, 2.75) is 4.90 Å². The molecule has 144 valence electrons. The predicted molar refractivity (Wildman–Crippen MR) is 94.8 cm³/mol. The van der Waals surface area contributed by atoms with E-state index in [2.05, 4.69) is 10.9 Å². The normalized spacial score (nSPS) is 17.4. The fourth-order valence-corrected chi connectivity index (χ4v) is 3.14. The molecule has 0 amide bonds. The van der Waals surface area contributed by atoms with Crippen LogP contribution in [0.2, 0.25) is 0 Å². The van der Waals surface area contributed by atoms with E-state index in [1.807, 2.05) is 0 Å². The first kappa shape index (κ1) is 19.2. The molecule has 1 aliphatic rings. The summed E-state index contributed by atoms with van der Waals surface area (Å²) in [6.45, 7) is 0. The Hall–Kier alpha value is -3.57. The molecular formula is C17H12N2O8S. The Bertz CT molecular complexity index is 1180. The molecule has 11 heteroatoms. The van der Waals surface area contributed by atoms with Gasteiger partial charge in [-0.2, -0.15) is 8.42 Å². The van der Waals surface area contributed by atoms with Crippen molar-refractivity contribution in [3.05, 3.63) is 48.2 Å². The quantitative estimate of drug-likeness (QED) is 0.236. The summed E-state index contributed by atoms with van der Waals surface area (Å²) in [5.41, 5.74) is 4.82. The molecule has 0 spiro atoms. The molecule has 0 aliphatic heterocycles. The van der Waals surface area contributed by atoms with Crippen LogP contribution < -0.4 is 10.9 Å². The summed E-state index contributed by atoms with van der Waals surface area (Å²) >= 11 is 0. The van der Waals surface area contributed by atoms with Crippen LogP contribution in [0.1, 0.15) is 0 Å². The van der Waals surface area contributed by atoms with Gasteiger partial charge in [-0.1, -0.05) is 18.2 Å². The van der Waals surface area contributed by atoms with Gasteiger partial charge in [0.2, 0.25) is 5.78 Å². The van der Waals surface area contributed by atoms with E-state index in [1.165, 1.54) is 24.3 Å². The minimum Gasteiger partial charge on any atom is -0.480 e. The van der Waals surface area contributed by atoms with E-state index in [9.17, 15) is 32.1 Å². The van der Waals surface area contributed by atoms with E-state index in [0.717, 1.165) is 6.08 Å². The number of carboxylic acids is 1. The number of hydrogen-bond acceptors (Lipinski definition) is 8. The van der Waals surface area contributed by atoms with Crippen LogP contribution in [0.3, 0.4) is 0 Å². The van der Waals surface area contributed by atoms with Gasteiger partial charge in [-0.3, -0.25) is 29.2 Å². The van der Waals surface area contributed by atoms with Gasteiger partial charge in [0.25, 0.3) is 21.7 Å². The highest BCUT2D eigenvalue weighted by Gasteiger charge is 2.40. The number of carboxylic acid groups (broad SMARTS) is 1. The Balaban J connectivity index is 1.96. The van der Waals surface area contributed by atoms with Gasteiger partial charge in [-0.25, -0.2) is 0 Å². The van der Waals surface area contributed by atoms with Crippen molar-refractivity contribution in [2.75, 3.05) is 5.43 Å². The lowest BCUT2D eigenvalue weighted by Gasteiger charge is -2.18. The molecule has 2 aromatic carbocycles. The van der Waals surface area contributed by atoms with E-state index in [-0.39, 0.29) is 10.6 Å². The molecule has 0 aromatic heterocycles. The van der Waals surface area contributed by atoms with Gasteiger partial charge in [0.05, 0.1) is 10.6 Å². The number of allylic oxidation sites excluding steroid dienone is 1. The van der Waals surface area contributed by atoms with Gasteiger partial charge < -0.3 is 10.5 Å². The third-order valence-corrected chi connectivity index (χ3v) is 4.89. The maximum absolute atomic E-state index is 11.9. The Kier molecular flexibility index (Phi) is 4.71. The smallest absolute Gasteiger partial charge is 0.318 e. The molecule has 1 aliphatic carbocycles. The van der Waals surface area contributed by atoms with E-state index < -0.39 is 45.1 Å². The molecule has 2 aromatic rings. The first-order chi connectivity index (χ1) is 13.1. The van der Waals surface area contributed by atoms with Gasteiger partial charge in [-0.15, -0.1) is 0 Å². The van der Waals surface area contributed by atoms with Gasteiger partial charge >= 0.3 is 5.97 Å². The number of hydrogen-bond donors (Lipinski definition) is 4. The maximum Gasteiger partial charge on any atom is 0.318 e. The van der Waals surface area contributed by atoms with Crippen molar-refractivity contribution >= 4 is 49.9 Å². The standard InChI is InChI=1S/C17H12N2O8S/c20-14-11(17(23)24)7-13(15(21)16(14)22)19-18-12-3-1-2-8-4-5-9(6-10(8)12)28(25,26)27/h1-7,11,18-19H,(H,23,24)(H,25,26,27). The third-order valence-electron chi connectivity index (χ3n) is 4.04. The van der Waals surface area contributed by atoms with Gasteiger partial charge in [0, 0.05) is 5.39 Å². The third kappa shape index (κ3) is 3.48. The first-order valence-electron chi connectivity index (χ1n) is 7.69. The van der Waals surface area contributed by atoms with Crippen LogP contribution >= 0.6 is 0 Å². The lowest BCUT2D eigenvalue weighted by atomic mass is 9.90. The van der Waals surface area contributed by atoms with Crippen LogP contribution in [0.5, 0.6) is 0 Å².